The van der Waals surface area contributed by atoms with E-state index >= 15 is 0 Å². The van der Waals surface area contributed by atoms with E-state index in [1.54, 1.807) is 0 Å². The van der Waals surface area contributed by atoms with E-state index in [9.17, 15) is 4.79 Å². The number of benzene rings is 1. The van der Waals surface area contributed by atoms with Gasteiger partial charge in [0.05, 0.1) is 0 Å². The van der Waals surface area contributed by atoms with Crippen molar-refractivity contribution in [1.29, 1.82) is 0 Å². The molecule has 1 aromatic carbocycles. The van der Waals surface area contributed by atoms with Gasteiger partial charge in [-0.3, -0.25) is 4.79 Å². The van der Waals surface area contributed by atoms with Crippen LogP contribution in [0, 0.1) is 20.8 Å². The third-order valence-corrected chi connectivity index (χ3v) is 3.34. The molecule has 0 amide bonds. The van der Waals surface area contributed by atoms with Gasteiger partial charge in [0.25, 0.3) is 0 Å². The maximum atomic E-state index is 11.5. The van der Waals surface area contributed by atoms with Crippen molar-refractivity contribution in [3.63, 3.8) is 0 Å². The van der Waals surface area contributed by atoms with Gasteiger partial charge in [-0.2, -0.15) is 0 Å². The van der Waals surface area contributed by atoms with Crippen LogP contribution in [0.25, 0.3) is 0 Å². The second-order valence-electron chi connectivity index (χ2n) is 3.51. The molecule has 0 aliphatic heterocycles. The van der Waals surface area contributed by atoms with Gasteiger partial charge in [-0.1, -0.05) is 6.07 Å². The van der Waals surface area contributed by atoms with Crippen molar-refractivity contribution in [2.75, 3.05) is 6.61 Å². The number of ketones is 1. The lowest BCUT2D eigenvalue weighted by molar-refractivity contribution is 0.0902. The Morgan fingerprint density at radius 2 is 1.93 bits per heavy atom. The van der Waals surface area contributed by atoms with Crippen molar-refractivity contribution in [2.24, 2.45) is 0 Å². The minimum atomic E-state index is -0.422. The largest absolute Gasteiger partial charge is 0.388 e. The molecule has 0 fully saturated rings. The number of aliphatic hydroxyl groups is 1. The minimum Gasteiger partial charge on any atom is -0.388 e. The molecule has 0 radical (unpaired) electrons. The van der Waals surface area contributed by atoms with Crippen LogP contribution >= 0.6 is 9.24 Å². The molecule has 0 saturated heterocycles. The van der Waals surface area contributed by atoms with Gasteiger partial charge in [-0.25, -0.2) is 0 Å². The first-order valence-corrected chi connectivity index (χ1v) is 5.07. The van der Waals surface area contributed by atoms with E-state index < -0.39 is 6.61 Å². The lowest BCUT2D eigenvalue weighted by Gasteiger charge is -2.12. The van der Waals surface area contributed by atoms with Gasteiger partial charge < -0.3 is 5.11 Å². The summed E-state index contributed by atoms with van der Waals surface area (Å²) in [6, 6.07) is 1.97. The quantitative estimate of drug-likeness (QED) is 0.590. The van der Waals surface area contributed by atoms with Crippen LogP contribution in [0.3, 0.4) is 0 Å². The molecule has 1 atom stereocenters. The molecule has 1 aromatic rings. The molecule has 1 N–H and O–H groups in total. The summed E-state index contributed by atoms with van der Waals surface area (Å²) in [4.78, 5) is 11.5. The summed E-state index contributed by atoms with van der Waals surface area (Å²) >= 11 is 0. The van der Waals surface area contributed by atoms with Gasteiger partial charge in [0, 0.05) is 5.56 Å². The van der Waals surface area contributed by atoms with Crippen LogP contribution in [-0.4, -0.2) is 17.5 Å². The van der Waals surface area contributed by atoms with Gasteiger partial charge in [0.2, 0.25) is 0 Å². The zero-order valence-electron chi connectivity index (χ0n) is 8.72. The summed E-state index contributed by atoms with van der Waals surface area (Å²) in [5.41, 5.74) is 3.69. The second-order valence-corrected chi connectivity index (χ2v) is 4.08. The van der Waals surface area contributed by atoms with Crippen LogP contribution < -0.4 is 5.30 Å². The van der Waals surface area contributed by atoms with Crippen molar-refractivity contribution in [2.45, 2.75) is 20.8 Å². The van der Waals surface area contributed by atoms with Crippen LogP contribution in [0.5, 0.6) is 0 Å². The van der Waals surface area contributed by atoms with Crippen LogP contribution in [0.15, 0.2) is 6.07 Å². The van der Waals surface area contributed by atoms with Gasteiger partial charge in [-0.05, 0) is 42.8 Å². The molecule has 0 saturated carbocycles. The third-order valence-electron chi connectivity index (χ3n) is 2.45. The van der Waals surface area contributed by atoms with Gasteiger partial charge in [0.15, 0.2) is 5.78 Å². The van der Waals surface area contributed by atoms with Crippen molar-refractivity contribution >= 4 is 20.3 Å². The van der Waals surface area contributed by atoms with Crippen molar-refractivity contribution in [3.05, 3.63) is 28.3 Å². The molecule has 1 rings (SSSR count). The maximum absolute atomic E-state index is 11.5. The Hall–Kier alpha value is -0.720. The Bertz CT molecular complexity index is 383. The summed E-state index contributed by atoms with van der Waals surface area (Å²) in [5.74, 6) is -0.205. The van der Waals surface area contributed by atoms with Crippen LogP contribution in [0.1, 0.15) is 27.0 Å². The lowest BCUT2D eigenvalue weighted by Crippen LogP contribution is -2.15. The number of aliphatic hydroxyl groups excluding tert-OH is 1. The summed E-state index contributed by atoms with van der Waals surface area (Å²) in [7, 11) is 2.63. The number of carbonyl (C=O) groups is 1. The third kappa shape index (κ3) is 1.87. The predicted molar refractivity (Wildman–Crippen MR) is 61.4 cm³/mol. The Balaban J connectivity index is 3.44. The summed E-state index contributed by atoms with van der Waals surface area (Å²) < 4.78 is 0. The molecule has 0 bridgehead atoms. The SMILES string of the molecule is Cc1cc(C)c(C(=O)CO)c(C)c1P. The van der Waals surface area contributed by atoms with E-state index in [1.165, 1.54) is 0 Å². The highest BCUT2D eigenvalue weighted by Crippen LogP contribution is 2.17. The minimum absolute atomic E-state index is 0.205. The molecule has 0 heterocycles. The number of rotatable bonds is 2. The first-order chi connectivity index (χ1) is 6.49. The van der Waals surface area contributed by atoms with E-state index in [-0.39, 0.29) is 5.78 Å². The topological polar surface area (TPSA) is 37.3 Å². The Labute approximate surface area is 86.5 Å². The molecule has 2 nitrogen and oxygen atoms in total. The predicted octanol–water partition coefficient (Wildman–Crippen LogP) is 1.29. The van der Waals surface area contributed by atoms with E-state index in [4.69, 9.17) is 5.11 Å². The summed E-state index contributed by atoms with van der Waals surface area (Å²) in [6.45, 7) is 5.39. The standard InChI is InChI=1S/C11H15O2P/c1-6-4-7(2)11(14)8(3)10(6)9(13)5-12/h4,12H,5,14H2,1-3H3. The fourth-order valence-corrected chi connectivity index (χ4v) is 1.94. The normalized spacial score (nSPS) is 10.4. The maximum Gasteiger partial charge on any atom is 0.188 e. The van der Waals surface area contributed by atoms with Crippen LogP contribution in [0.4, 0.5) is 0 Å². The van der Waals surface area contributed by atoms with E-state index in [1.807, 2.05) is 26.8 Å². The number of hydrogen-bond acceptors (Lipinski definition) is 2. The number of hydrogen-bond donors (Lipinski definition) is 1. The van der Waals surface area contributed by atoms with Gasteiger partial charge in [0.1, 0.15) is 6.61 Å². The second kappa shape index (κ2) is 4.20. The summed E-state index contributed by atoms with van der Waals surface area (Å²) in [6.07, 6.45) is 0. The van der Waals surface area contributed by atoms with E-state index in [0.29, 0.717) is 5.56 Å². The van der Waals surface area contributed by atoms with Gasteiger partial charge >= 0.3 is 0 Å². The first-order valence-electron chi connectivity index (χ1n) is 4.49. The van der Waals surface area contributed by atoms with Gasteiger partial charge in [-0.15, -0.1) is 9.24 Å². The Morgan fingerprint density at radius 3 is 2.43 bits per heavy atom. The molecular weight excluding hydrogens is 195 g/mol. The smallest absolute Gasteiger partial charge is 0.188 e. The molecule has 1 unspecified atom stereocenters. The molecule has 14 heavy (non-hydrogen) atoms. The van der Waals surface area contributed by atoms with E-state index in [0.717, 1.165) is 22.0 Å². The number of Topliss-reactive ketones (excluding diaryl/α,β-unsaturated/α-hetero) is 1. The lowest BCUT2D eigenvalue weighted by atomic mass is 9.97. The Kier molecular flexibility index (Phi) is 3.41. The highest BCUT2D eigenvalue weighted by atomic mass is 31.0. The monoisotopic (exact) mass is 210 g/mol. The van der Waals surface area contributed by atoms with Crippen molar-refractivity contribution in [1.82, 2.24) is 0 Å². The highest BCUT2D eigenvalue weighted by molar-refractivity contribution is 7.27. The molecule has 76 valence electrons. The molecule has 3 heteroatoms. The first kappa shape index (κ1) is 11.4. The van der Waals surface area contributed by atoms with Crippen molar-refractivity contribution in [3.8, 4) is 0 Å². The zero-order valence-corrected chi connectivity index (χ0v) is 9.87. The zero-order chi connectivity index (χ0) is 10.9. The Morgan fingerprint density at radius 1 is 1.36 bits per heavy atom. The fraction of sp³-hybridized carbons (Fsp3) is 0.364. The van der Waals surface area contributed by atoms with E-state index in [2.05, 4.69) is 9.24 Å². The molecule has 0 spiro atoms. The van der Waals surface area contributed by atoms with Crippen LogP contribution in [0.2, 0.25) is 0 Å². The molecule has 0 aliphatic carbocycles. The molecular formula is C11H15O2P. The summed E-state index contributed by atoms with van der Waals surface area (Å²) in [5, 5.41) is 9.89. The van der Waals surface area contributed by atoms with Crippen LogP contribution in [-0.2, 0) is 0 Å². The molecule has 0 aromatic heterocycles. The number of aryl methyl sites for hydroxylation is 2. The fourth-order valence-electron chi connectivity index (χ4n) is 1.71. The van der Waals surface area contributed by atoms with Crippen molar-refractivity contribution < 1.29 is 9.90 Å². The number of carbonyl (C=O) groups excluding carboxylic acids is 1. The molecule has 0 aliphatic rings. The highest BCUT2D eigenvalue weighted by Gasteiger charge is 2.13. The average molecular weight is 210 g/mol. The average Bonchev–Trinajstić information content (AvgIpc) is 2.14.